The number of amides is 1. The largest absolute Gasteiger partial charge is 0.392 e. The summed E-state index contributed by atoms with van der Waals surface area (Å²) >= 11 is 0. The normalized spacial score (nSPS) is 29.4. The minimum absolute atomic E-state index is 0. The first-order valence-electron chi connectivity index (χ1n) is 5.83. The molecule has 16 heavy (non-hydrogen) atoms. The molecule has 1 saturated heterocycles. The number of aliphatic hydroxyl groups is 1. The molecule has 1 saturated carbocycles. The van der Waals surface area contributed by atoms with Crippen LogP contribution < -0.4 is 5.32 Å². The summed E-state index contributed by atoms with van der Waals surface area (Å²) in [6.45, 7) is 1.43. The lowest BCUT2D eigenvalue weighted by Crippen LogP contribution is -2.44. The van der Waals surface area contributed by atoms with Crippen LogP contribution in [0, 0.1) is 5.92 Å². The van der Waals surface area contributed by atoms with Crippen molar-refractivity contribution in [2.75, 3.05) is 20.1 Å². The van der Waals surface area contributed by atoms with E-state index in [1.54, 1.807) is 0 Å². The topological polar surface area (TPSA) is 52.6 Å². The smallest absolute Gasteiger partial charge is 0.239 e. The zero-order valence-corrected chi connectivity index (χ0v) is 10.5. The van der Waals surface area contributed by atoms with E-state index in [0.717, 1.165) is 6.54 Å². The van der Waals surface area contributed by atoms with E-state index in [4.69, 9.17) is 0 Å². The van der Waals surface area contributed by atoms with Crippen molar-refractivity contribution in [1.82, 2.24) is 10.2 Å². The number of nitrogens with one attached hydrogen (secondary N) is 1. The van der Waals surface area contributed by atoms with Gasteiger partial charge in [-0.15, -0.1) is 12.4 Å². The van der Waals surface area contributed by atoms with Gasteiger partial charge in [0.1, 0.15) is 0 Å². The number of rotatable bonds is 3. The molecule has 2 fully saturated rings. The molecule has 0 aromatic heterocycles. The van der Waals surface area contributed by atoms with Crippen molar-refractivity contribution in [2.45, 2.75) is 37.8 Å². The summed E-state index contributed by atoms with van der Waals surface area (Å²) < 4.78 is 0. The van der Waals surface area contributed by atoms with Gasteiger partial charge in [0.15, 0.2) is 0 Å². The van der Waals surface area contributed by atoms with Crippen molar-refractivity contribution in [3.05, 3.63) is 0 Å². The van der Waals surface area contributed by atoms with E-state index in [9.17, 15) is 9.90 Å². The van der Waals surface area contributed by atoms with Gasteiger partial charge in [-0.2, -0.15) is 0 Å². The second kappa shape index (κ2) is 5.84. The second-order valence-corrected chi connectivity index (χ2v) is 4.87. The molecule has 0 aromatic rings. The highest BCUT2D eigenvalue weighted by Gasteiger charge is 2.31. The summed E-state index contributed by atoms with van der Waals surface area (Å²) in [5.74, 6) is 0.851. The Kier molecular flexibility index (Phi) is 5.02. The molecule has 0 spiro atoms. The molecule has 4 nitrogen and oxygen atoms in total. The molecule has 94 valence electrons. The number of likely N-dealkylation sites (N-methyl/N-ethyl adjacent to an activating group) is 1. The molecule has 1 heterocycles. The molecule has 1 aliphatic carbocycles. The average molecular weight is 249 g/mol. The van der Waals surface area contributed by atoms with Gasteiger partial charge in [-0.3, -0.25) is 4.79 Å². The first-order chi connectivity index (χ1) is 7.16. The monoisotopic (exact) mass is 248 g/mol. The van der Waals surface area contributed by atoms with Crippen LogP contribution in [0.5, 0.6) is 0 Å². The maximum Gasteiger partial charge on any atom is 0.239 e. The van der Waals surface area contributed by atoms with Gasteiger partial charge in [-0.1, -0.05) is 6.42 Å². The molecule has 0 radical (unpaired) electrons. The van der Waals surface area contributed by atoms with Crippen LogP contribution in [0.15, 0.2) is 0 Å². The third-order valence-electron chi connectivity index (χ3n) is 3.54. The van der Waals surface area contributed by atoms with Crippen molar-refractivity contribution in [3.63, 3.8) is 0 Å². The molecule has 2 N–H and O–H groups in total. The van der Waals surface area contributed by atoms with E-state index >= 15 is 0 Å². The van der Waals surface area contributed by atoms with Gasteiger partial charge in [-0.05, 0) is 25.2 Å². The Morgan fingerprint density at radius 3 is 2.62 bits per heavy atom. The zero-order chi connectivity index (χ0) is 10.8. The number of hydrogen-bond acceptors (Lipinski definition) is 3. The van der Waals surface area contributed by atoms with E-state index in [2.05, 4.69) is 5.32 Å². The third kappa shape index (κ3) is 3.09. The molecular weight excluding hydrogens is 228 g/mol. The third-order valence-corrected chi connectivity index (χ3v) is 3.54. The van der Waals surface area contributed by atoms with Gasteiger partial charge >= 0.3 is 0 Å². The highest BCUT2D eigenvalue weighted by Crippen LogP contribution is 2.27. The average Bonchev–Trinajstić information content (AvgIpc) is 2.56. The van der Waals surface area contributed by atoms with Crippen LogP contribution in [-0.2, 0) is 4.79 Å². The van der Waals surface area contributed by atoms with E-state index < -0.39 is 0 Å². The van der Waals surface area contributed by atoms with Crippen molar-refractivity contribution in [3.8, 4) is 0 Å². The van der Waals surface area contributed by atoms with E-state index in [1.807, 2.05) is 11.9 Å². The Balaban J connectivity index is 0.00000128. The zero-order valence-electron chi connectivity index (χ0n) is 9.69. The Morgan fingerprint density at radius 2 is 2.19 bits per heavy atom. The number of β-amino-alcohol motifs (C(OH)–C–C–N with tert-alkyl or cyclic N) is 1. The van der Waals surface area contributed by atoms with E-state index in [0.29, 0.717) is 18.9 Å². The molecule has 1 aliphatic heterocycles. The molecular formula is C11H21ClN2O2. The summed E-state index contributed by atoms with van der Waals surface area (Å²) in [5.41, 5.74) is 0. The Morgan fingerprint density at radius 1 is 1.50 bits per heavy atom. The van der Waals surface area contributed by atoms with E-state index in [1.165, 1.54) is 19.3 Å². The molecule has 2 rings (SSSR count). The molecule has 1 amide bonds. The second-order valence-electron chi connectivity index (χ2n) is 4.87. The minimum atomic E-state index is -0.351. The summed E-state index contributed by atoms with van der Waals surface area (Å²) in [7, 11) is 1.87. The molecule has 2 aliphatic rings. The van der Waals surface area contributed by atoms with E-state index in [-0.39, 0.29) is 30.5 Å². The lowest BCUT2D eigenvalue weighted by molar-refractivity contribution is -0.132. The van der Waals surface area contributed by atoms with Crippen molar-refractivity contribution in [2.24, 2.45) is 5.92 Å². The molecule has 2 atom stereocenters. The fourth-order valence-corrected chi connectivity index (χ4v) is 2.32. The van der Waals surface area contributed by atoms with Crippen LogP contribution in [0.2, 0.25) is 0 Å². The highest BCUT2D eigenvalue weighted by atomic mass is 35.5. The van der Waals surface area contributed by atoms with Crippen LogP contribution in [0.3, 0.4) is 0 Å². The number of nitrogens with zero attached hydrogens (tertiary/aromatic N) is 1. The molecule has 0 unspecified atom stereocenters. The van der Waals surface area contributed by atoms with Gasteiger partial charge in [0.2, 0.25) is 5.91 Å². The quantitative estimate of drug-likeness (QED) is 0.760. The maximum atomic E-state index is 11.9. The molecule has 0 bridgehead atoms. The summed E-state index contributed by atoms with van der Waals surface area (Å²) in [6.07, 6.45) is 4.05. The van der Waals surface area contributed by atoms with Crippen molar-refractivity contribution in [1.29, 1.82) is 0 Å². The van der Waals surface area contributed by atoms with Gasteiger partial charge in [-0.25, -0.2) is 0 Å². The van der Waals surface area contributed by atoms with Crippen LogP contribution in [0.4, 0.5) is 0 Å². The van der Waals surface area contributed by atoms with Crippen LogP contribution in [0.1, 0.15) is 25.7 Å². The fraction of sp³-hybridized carbons (Fsp3) is 0.909. The van der Waals surface area contributed by atoms with Gasteiger partial charge in [0.05, 0.1) is 12.1 Å². The number of aliphatic hydroxyl groups excluding tert-OH is 1. The number of carbonyl (C=O) groups is 1. The Hall–Kier alpha value is -0.320. The standard InChI is InChI=1S/C11H20N2O2.ClH/c1-13(7-8-3-2-4-8)11(15)10-5-9(14)6-12-10;/h8-10,12,14H,2-7H2,1H3;1H/t9-,10+;/m0./s1. The minimum Gasteiger partial charge on any atom is -0.392 e. The predicted octanol–water partition coefficient (Wildman–Crippen LogP) is 0.389. The molecule has 0 aromatic carbocycles. The highest BCUT2D eigenvalue weighted by molar-refractivity contribution is 5.85. The van der Waals surface area contributed by atoms with Crippen molar-refractivity contribution < 1.29 is 9.90 Å². The predicted molar refractivity (Wildman–Crippen MR) is 64.6 cm³/mol. The number of carbonyl (C=O) groups excluding carboxylic acids is 1. The van der Waals surface area contributed by atoms with Crippen LogP contribution in [0.25, 0.3) is 0 Å². The number of hydrogen-bond donors (Lipinski definition) is 2. The maximum absolute atomic E-state index is 11.9. The summed E-state index contributed by atoms with van der Waals surface area (Å²) in [6, 6.07) is -0.162. The Bertz CT molecular complexity index is 246. The SMILES string of the molecule is CN(CC1CCC1)C(=O)[C@H]1C[C@H](O)CN1.Cl. The van der Waals surface area contributed by atoms with Crippen LogP contribution >= 0.6 is 12.4 Å². The Labute approximate surface area is 103 Å². The first kappa shape index (κ1) is 13.7. The fourth-order valence-electron chi connectivity index (χ4n) is 2.32. The lowest BCUT2D eigenvalue weighted by atomic mass is 9.85. The summed E-state index contributed by atoms with van der Waals surface area (Å²) in [5, 5.41) is 12.4. The van der Waals surface area contributed by atoms with Gasteiger partial charge in [0.25, 0.3) is 0 Å². The summed E-state index contributed by atoms with van der Waals surface area (Å²) in [4.78, 5) is 13.7. The van der Waals surface area contributed by atoms with Crippen molar-refractivity contribution >= 4 is 18.3 Å². The number of halogens is 1. The van der Waals surface area contributed by atoms with Gasteiger partial charge < -0.3 is 15.3 Å². The lowest BCUT2D eigenvalue weighted by Gasteiger charge is -2.31. The molecule has 5 heteroatoms. The first-order valence-corrected chi connectivity index (χ1v) is 5.83. The van der Waals surface area contributed by atoms with Crippen LogP contribution in [-0.4, -0.2) is 48.2 Å². The van der Waals surface area contributed by atoms with Gasteiger partial charge in [0, 0.05) is 20.1 Å².